The number of hydrogen-bond donors (Lipinski definition) is 0. The Morgan fingerprint density at radius 2 is 1.74 bits per heavy atom. The molecule has 1 aromatic carbocycles. The third-order valence-electron chi connectivity index (χ3n) is 4.03. The van der Waals surface area contributed by atoms with Crippen molar-refractivity contribution in [1.82, 2.24) is 0 Å². The lowest BCUT2D eigenvalue weighted by molar-refractivity contribution is 0.233. The Labute approximate surface area is 116 Å². The lowest BCUT2D eigenvalue weighted by Crippen LogP contribution is -2.11. The molecule has 0 amide bonds. The number of ether oxygens (including phenoxy) is 2. The van der Waals surface area contributed by atoms with E-state index in [1.807, 2.05) is 0 Å². The van der Waals surface area contributed by atoms with E-state index in [1.165, 1.54) is 31.2 Å². The quantitative estimate of drug-likeness (QED) is 0.740. The molecule has 2 nitrogen and oxygen atoms in total. The summed E-state index contributed by atoms with van der Waals surface area (Å²) in [6.45, 7) is 0.735. The Morgan fingerprint density at radius 1 is 1.05 bits per heavy atom. The van der Waals surface area contributed by atoms with Gasteiger partial charge in [-0.05, 0) is 55.2 Å². The van der Waals surface area contributed by atoms with E-state index in [0.717, 1.165) is 24.2 Å². The van der Waals surface area contributed by atoms with Crippen LogP contribution in [0.5, 0.6) is 5.75 Å². The molecule has 0 atom stereocenters. The maximum atomic E-state index is 5.21. The summed E-state index contributed by atoms with van der Waals surface area (Å²) in [6, 6.07) is 8.56. The van der Waals surface area contributed by atoms with E-state index in [-0.39, 0.29) is 0 Å². The molecule has 0 aliphatic heterocycles. The fraction of sp³-hybridized carbons (Fsp3) is 0.529. The molecule has 1 aliphatic rings. The van der Waals surface area contributed by atoms with Crippen molar-refractivity contribution < 1.29 is 9.47 Å². The average Bonchev–Trinajstić information content (AvgIpc) is 2.48. The van der Waals surface area contributed by atoms with Crippen molar-refractivity contribution in [2.45, 2.75) is 31.6 Å². The minimum atomic E-state index is 0.720. The van der Waals surface area contributed by atoms with Crippen LogP contribution in [0.15, 0.2) is 36.4 Å². The first kappa shape index (κ1) is 14.1. The van der Waals surface area contributed by atoms with Crippen molar-refractivity contribution in [2.75, 3.05) is 20.8 Å². The van der Waals surface area contributed by atoms with Crippen LogP contribution >= 0.6 is 0 Å². The van der Waals surface area contributed by atoms with Crippen LogP contribution in [0.4, 0.5) is 0 Å². The summed E-state index contributed by atoms with van der Waals surface area (Å²) in [4.78, 5) is 0. The molecule has 0 N–H and O–H groups in total. The van der Waals surface area contributed by atoms with Crippen LogP contribution in [-0.4, -0.2) is 20.8 Å². The zero-order valence-corrected chi connectivity index (χ0v) is 12.0. The first-order valence-electron chi connectivity index (χ1n) is 7.13. The largest absolute Gasteiger partial charge is 0.497 e. The SMILES string of the molecule is COCC=C[C@H]1CC[C@H](c2ccc(OC)cc2)CC1. The smallest absolute Gasteiger partial charge is 0.118 e. The fourth-order valence-corrected chi connectivity index (χ4v) is 2.87. The van der Waals surface area contributed by atoms with Gasteiger partial charge in [-0.25, -0.2) is 0 Å². The molecule has 1 saturated carbocycles. The van der Waals surface area contributed by atoms with Gasteiger partial charge in [-0.3, -0.25) is 0 Å². The number of rotatable bonds is 5. The van der Waals surface area contributed by atoms with Crippen LogP contribution in [-0.2, 0) is 4.74 Å². The van der Waals surface area contributed by atoms with E-state index in [0.29, 0.717) is 0 Å². The van der Waals surface area contributed by atoms with Gasteiger partial charge in [-0.15, -0.1) is 0 Å². The minimum Gasteiger partial charge on any atom is -0.497 e. The summed E-state index contributed by atoms with van der Waals surface area (Å²) in [5, 5.41) is 0. The predicted molar refractivity (Wildman–Crippen MR) is 78.7 cm³/mol. The molecule has 0 radical (unpaired) electrons. The second-order valence-corrected chi connectivity index (χ2v) is 5.27. The van der Waals surface area contributed by atoms with Crippen molar-refractivity contribution in [2.24, 2.45) is 5.92 Å². The molecular weight excluding hydrogens is 236 g/mol. The lowest BCUT2D eigenvalue weighted by Gasteiger charge is -2.27. The summed E-state index contributed by atoms with van der Waals surface area (Å²) < 4.78 is 10.3. The van der Waals surface area contributed by atoms with E-state index in [4.69, 9.17) is 9.47 Å². The van der Waals surface area contributed by atoms with Crippen molar-refractivity contribution in [3.05, 3.63) is 42.0 Å². The second-order valence-electron chi connectivity index (χ2n) is 5.27. The average molecular weight is 260 g/mol. The topological polar surface area (TPSA) is 18.5 Å². The zero-order chi connectivity index (χ0) is 13.5. The van der Waals surface area contributed by atoms with Crippen LogP contribution in [0.25, 0.3) is 0 Å². The van der Waals surface area contributed by atoms with E-state index >= 15 is 0 Å². The third-order valence-corrected chi connectivity index (χ3v) is 4.03. The summed E-state index contributed by atoms with van der Waals surface area (Å²) in [5.41, 5.74) is 1.46. The van der Waals surface area contributed by atoms with Gasteiger partial charge in [0.25, 0.3) is 0 Å². The molecule has 0 saturated heterocycles. The van der Waals surface area contributed by atoms with E-state index in [1.54, 1.807) is 14.2 Å². The number of hydrogen-bond acceptors (Lipinski definition) is 2. The van der Waals surface area contributed by atoms with E-state index in [9.17, 15) is 0 Å². The second kappa shape index (κ2) is 7.34. The molecule has 0 bridgehead atoms. The van der Waals surface area contributed by atoms with Gasteiger partial charge in [0.2, 0.25) is 0 Å². The maximum Gasteiger partial charge on any atom is 0.118 e. The van der Waals surface area contributed by atoms with Crippen LogP contribution in [0.3, 0.4) is 0 Å². The Hall–Kier alpha value is -1.28. The Morgan fingerprint density at radius 3 is 2.32 bits per heavy atom. The van der Waals surface area contributed by atoms with Gasteiger partial charge in [0.05, 0.1) is 13.7 Å². The summed E-state index contributed by atoms with van der Waals surface area (Å²) >= 11 is 0. The molecule has 104 valence electrons. The van der Waals surface area contributed by atoms with Crippen LogP contribution in [0.2, 0.25) is 0 Å². The van der Waals surface area contributed by atoms with Gasteiger partial charge >= 0.3 is 0 Å². The normalized spacial score (nSPS) is 23.7. The molecule has 2 rings (SSSR count). The van der Waals surface area contributed by atoms with Gasteiger partial charge in [0, 0.05) is 7.11 Å². The molecule has 0 aromatic heterocycles. The van der Waals surface area contributed by atoms with Gasteiger partial charge in [0.1, 0.15) is 5.75 Å². The van der Waals surface area contributed by atoms with Gasteiger partial charge < -0.3 is 9.47 Å². The summed E-state index contributed by atoms with van der Waals surface area (Å²) in [5.74, 6) is 2.41. The zero-order valence-electron chi connectivity index (χ0n) is 12.0. The maximum absolute atomic E-state index is 5.21. The molecule has 1 aromatic rings. The molecular formula is C17H24O2. The van der Waals surface area contributed by atoms with Crippen LogP contribution < -0.4 is 4.74 Å². The molecule has 19 heavy (non-hydrogen) atoms. The predicted octanol–water partition coefficient (Wildman–Crippen LogP) is 4.17. The van der Waals surface area contributed by atoms with Crippen molar-refractivity contribution in [3.8, 4) is 5.75 Å². The van der Waals surface area contributed by atoms with Crippen molar-refractivity contribution >= 4 is 0 Å². The lowest BCUT2D eigenvalue weighted by atomic mass is 9.78. The van der Waals surface area contributed by atoms with Crippen LogP contribution in [0.1, 0.15) is 37.2 Å². The van der Waals surface area contributed by atoms with E-state index < -0.39 is 0 Å². The molecule has 0 unspecified atom stereocenters. The number of benzene rings is 1. The highest BCUT2D eigenvalue weighted by atomic mass is 16.5. The molecule has 1 aliphatic carbocycles. The number of allylic oxidation sites excluding steroid dienone is 1. The molecule has 0 spiro atoms. The first-order chi connectivity index (χ1) is 9.33. The van der Waals surface area contributed by atoms with Crippen molar-refractivity contribution in [3.63, 3.8) is 0 Å². The highest BCUT2D eigenvalue weighted by molar-refractivity contribution is 5.29. The summed E-state index contributed by atoms with van der Waals surface area (Å²) in [6.07, 6.45) is 9.63. The van der Waals surface area contributed by atoms with Gasteiger partial charge in [-0.2, -0.15) is 0 Å². The van der Waals surface area contributed by atoms with Gasteiger partial charge in [-0.1, -0.05) is 24.3 Å². The highest BCUT2D eigenvalue weighted by Gasteiger charge is 2.20. The standard InChI is InChI=1S/C17H24O2/c1-18-13-3-4-14-5-7-15(8-6-14)16-9-11-17(19-2)12-10-16/h3-4,9-12,14-15H,5-8,13H2,1-2H3/t14-,15-. The fourth-order valence-electron chi connectivity index (χ4n) is 2.87. The Kier molecular flexibility index (Phi) is 5.46. The Balaban J connectivity index is 1.85. The molecule has 2 heteroatoms. The van der Waals surface area contributed by atoms with E-state index in [2.05, 4.69) is 36.4 Å². The summed E-state index contributed by atoms with van der Waals surface area (Å²) in [7, 11) is 3.46. The third kappa shape index (κ3) is 4.10. The number of methoxy groups -OCH3 is 2. The molecule has 0 heterocycles. The molecule has 1 fully saturated rings. The Bertz CT molecular complexity index is 386. The minimum absolute atomic E-state index is 0.720. The van der Waals surface area contributed by atoms with Gasteiger partial charge in [0.15, 0.2) is 0 Å². The van der Waals surface area contributed by atoms with Crippen molar-refractivity contribution in [1.29, 1.82) is 0 Å². The van der Waals surface area contributed by atoms with Crippen LogP contribution in [0, 0.1) is 5.92 Å². The first-order valence-corrected chi connectivity index (χ1v) is 7.13. The highest BCUT2D eigenvalue weighted by Crippen LogP contribution is 2.36. The monoisotopic (exact) mass is 260 g/mol.